The summed E-state index contributed by atoms with van der Waals surface area (Å²) in [6, 6.07) is 7.93. The molecule has 0 aliphatic carbocycles. The Kier molecular flexibility index (Phi) is 4.56. The number of hydrogen-bond donors (Lipinski definition) is 1. The van der Waals surface area contributed by atoms with Gasteiger partial charge in [-0.05, 0) is 30.3 Å². The average Bonchev–Trinajstić information content (AvgIpc) is 3.14. The number of benzene rings is 1. The van der Waals surface area contributed by atoms with Crippen LogP contribution in [0.1, 0.15) is 12.5 Å². The first-order valence-electron chi connectivity index (χ1n) is 8.74. The molecule has 7 heteroatoms. The van der Waals surface area contributed by atoms with Gasteiger partial charge in [-0.3, -0.25) is 0 Å². The van der Waals surface area contributed by atoms with Gasteiger partial charge in [0.05, 0.1) is 0 Å². The van der Waals surface area contributed by atoms with Gasteiger partial charge in [0.2, 0.25) is 12.7 Å². The van der Waals surface area contributed by atoms with Crippen molar-refractivity contribution in [2.45, 2.75) is 13.5 Å². The van der Waals surface area contributed by atoms with Crippen LogP contribution in [-0.2, 0) is 6.54 Å². The quantitative estimate of drug-likeness (QED) is 0.892. The highest BCUT2D eigenvalue weighted by atomic mass is 16.7. The Morgan fingerprint density at radius 1 is 1.08 bits per heavy atom. The van der Waals surface area contributed by atoms with Crippen LogP contribution in [0.5, 0.6) is 11.5 Å². The van der Waals surface area contributed by atoms with Gasteiger partial charge in [-0.2, -0.15) is 4.98 Å². The van der Waals surface area contributed by atoms with Gasteiger partial charge >= 0.3 is 0 Å². The Morgan fingerprint density at radius 3 is 2.76 bits per heavy atom. The van der Waals surface area contributed by atoms with Gasteiger partial charge in [-0.25, -0.2) is 4.98 Å². The smallest absolute Gasteiger partial charge is 0.231 e. The van der Waals surface area contributed by atoms with E-state index < -0.39 is 0 Å². The number of likely N-dealkylation sites (N-methyl/N-ethyl adjacent to an activating group) is 1. The van der Waals surface area contributed by atoms with Gasteiger partial charge in [0.15, 0.2) is 11.5 Å². The summed E-state index contributed by atoms with van der Waals surface area (Å²) in [5, 5.41) is 3.30. The molecule has 2 aromatic rings. The molecule has 132 valence electrons. The van der Waals surface area contributed by atoms with Crippen molar-refractivity contribution in [3.63, 3.8) is 0 Å². The number of hydrogen-bond acceptors (Lipinski definition) is 7. The lowest BCUT2D eigenvalue weighted by Crippen LogP contribution is -2.46. The second kappa shape index (κ2) is 7.14. The molecule has 2 aliphatic rings. The molecule has 1 aromatic carbocycles. The number of nitrogens with one attached hydrogen (secondary N) is 1. The highest BCUT2D eigenvalue weighted by Crippen LogP contribution is 2.32. The van der Waals surface area contributed by atoms with Crippen molar-refractivity contribution in [3.05, 3.63) is 36.0 Å². The normalized spacial score (nSPS) is 16.9. The standard InChI is InChI=1S/C18H23N5O2/c1-2-22-7-9-23(10-8-22)17-5-6-19-18(21-17)20-12-14-3-4-15-16(11-14)25-13-24-15/h3-6,11H,2,7-10,12-13H2,1H3,(H,19,20,21). The minimum absolute atomic E-state index is 0.294. The van der Waals surface area contributed by atoms with Gasteiger partial charge in [-0.15, -0.1) is 0 Å². The molecular formula is C18H23N5O2. The molecule has 4 rings (SSSR count). The fourth-order valence-corrected chi connectivity index (χ4v) is 3.14. The van der Waals surface area contributed by atoms with Gasteiger partial charge in [0.25, 0.3) is 0 Å². The van der Waals surface area contributed by atoms with Crippen molar-refractivity contribution in [2.24, 2.45) is 0 Å². The summed E-state index contributed by atoms with van der Waals surface area (Å²) < 4.78 is 10.8. The number of rotatable bonds is 5. The van der Waals surface area contributed by atoms with Crippen LogP contribution in [0.4, 0.5) is 11.8 Å². The van der Waals surface area contributed by atoms with E-state index in [9.17, 15) is 0 Å². The minimum atomic E-state index is 0.294. The van der Waals surface area contributed by atoms with E-state index in [1.165, 1.54) is 0 Å². The molecule has 0 saturated carbocycles. The molecule has 0 radical (unpaired) electrons. The lowest BCUT2D eigenvalue weighted by atomic mass is 10.2. The van der Waals surface area contributed by atoms with Crippen LogP contribution in [0.2, 0.25) is 0 Å². The van der Waals surface area contributed by atoms with Gasteiger partial charge in [0, 0.05) is 38.9 Å². The summed E-state index contributed by atoms with van der Waals surface area (Å²) in [7, 11) is 0. The fourth-order valence-electron chi connectivity index (χ4n) is 3.14. The molecule has 0 amide bonds. The van der Waals surface area contributed by atoms with Crippen LogP contribution in [0.25, 0.3) is 0 Å². The van der Waals surface area contributed by atoms with Crippen molar-refractivity contribution in [1.29, 1.82) is 0 Å². The van der Waals surface area contributed by atoms with Crippen molar-refractivity contribution < 1.29 is 9.47 Å². The van der Waals surface area contributed by atoms with Crippen LogP contribution in [0.15, 0.2) is 30.5 Å². The summed E-state index contributed by atoms with van der Waals surface area (Å²) in [6.07, 6.45) is 1.82. The largest absolute Gasteiger partial charge is 0.454 e. The predicted octanol–water partition coefficient (Wildman–Crippen LogP) is 1.96. The van der Waals surface area contributed by atoms with Gasteiger partial charge < -0.3 is 24.6 Å². The zero-order chi connectivity index (χ0) is 17.1. The maximum atomic E-state index is 5.42. The van der Waals surface area contributed by atoms with Crippen molar-refractivity contribution in [3.8, 4) is 11.5 Å². The first-order valence-corrected chi connectivity index (χ1v) is 8.74. The average molecular weight is 341 g/mol. The zero-order valence-electron chi connectivity index (χ0n) is 14.4. The molecule has 7 nitrogen and oxygen atoms in total. The number of anilines is 2. The summed E-state index contributed by atoms with van der Waals surface area (Å²) in [5.41, 5.74) is 1.11. The third kappa shape index (κ3) is 3.61. The first kappa shape index (κ1) is 16.0. The number of piperazine rings is 1. The van der Waals surface area contributed by atoms with Gasteiger partial charge in [0.1, 0.15) is 5.82 Å². The van der Waals surface area contributed by atoms with Crippen molar-refractivity contribution in [2.75, 3.05) is 49.7 Å². The van der Waals surface area contributed by atoms with E-state index in [0.717, 1.165) is 55.6 Å². The monoisotopic (exact) mass is 341 g/mol. The third-order valence-electron chi connectivity index (χ3n) is 4.67. The van der Waals surface area contributed by atoms with Crippen molar-refractivity contribution in [1.82, 2.24) is 14.9 Å². The van der Waals surface area contributed by atoms with Crippen LogP contribution < -0.4 is 19.7 Å². The summed E-state index contributed by atoms with van der Waals surface area (Å²) in [6.45, 7) is 8.44. The molecule has 1 N–H and O–H groups in total. The summed E-state index contributed by atoms with van der Waals surface area (Å²) in [5.74, 6) is 3.23. The Labute approximate surface area is 147 Å². The molecular weight excluding hydrogens is 318 g/mol. The second-order valence-electron chi connectivity index (χ2n) is 6.20. The molecule has 1 aromatic heterocycles. The van der Waals surface area contributed by atoms with Crippen LogP contribution in [0, 0.1) is 0 Å². The lowest BCUT2D eigenvalue weighted by molar-refractivity contribution is 0.174. The van der Waals surface area contributed by atoms with Crippen molar-refractivity contribution >= 4 is 11.8 Å². The fraction of sp³-hybridized carbons (Fsp3) is 0.444. The maximum Gasteiger partial charge on any atom is 0.231 e. The van der Waals surface area contributed by atoms with E-state index in [1.54, 1.807) is 0 Å². The maximum absolute atomic E-state index is 5.42. The van der Waals surface area contributed by atoms with E-state index in [1.807, 2.05) is 30.5 Å². The van der Waals surface area contributed by atoms with E-state index in [2.05, 4.69) is 32.0 Å². The molecule has 1 fully saturated rings. The summed E-state index contributed by atoms with van der Waals surface area (Å²) >= 11 is 0. The summed E-state index contributed by atoms with van der Waals surface area (Å²) in [4.78, 5) is 13.8. The second-order valence-corrected chi connectivity index (χ2v) is 6.20. The number of ether oxygens (including phenoxy) is 2. The lowest BCUT2D eigenvalue weighted by Gasteiger charge is -2.34. The first-order chi connectivity index (χ1) is 12.3. The predicted molar refractivity (Wildman–Crippen MR) is 96.3 cm³/mol. The van der Waals surface area contributed by atoms with E-state index in [0.29, 0.717) is 19.3 Å². The topological polar surface area (TPSA) is 62.8 Å². The van der Waals surface area contributed by atoms with E-state index in [4.69, 9.17) is 9.47 Å². The molecule has 1 saturated heterocycles. The molecule has 2 aliphatic heterocycles. The zero-order valence-corrected chi connectivity index (χ0v) is 14.4. The highest BCUT2D eigenvalue weighted by Gasteiger charge is 2.17. The van der Waals surface area contributed by atoms with Crippen LogP contribution in [-0.4, -0.2) is 54.4 Å². The molecule has 0 unspecified atom stereocenters. The minimum Gasteiger partial charge on any atom is -0.454 e. The number of fused-ring (bicyclic) bond motifs is 1. The Morgan fingerprint density at radius 2 is 1.92 bits per heavy atom. The van der Waals surface area contributed by atoms with E-state index in [-0.39, 0.29) is 0 Å². The molecule has 0 atom stereocenters. The third-order valence-corrected chi connectivity index (χ3v) is 4.67. The highest BCUT2D eigenvalue weighted by molar-refractivity contribution is 5.46. The number of aromatic nitrogens is 2. The molecule has 0 spiro atoms. The molecule has 25 heavy (non-hydrogen) atoms. The van der Waals surface area contributed by atoms with Crippen LogP contribution >= 0.6 is 0 Å². The van der Waals surface area contributed by atoms with Crippen LogP contribution in [0.3, 0.4) is 0 Å². The Bertz CT molecular complexity index is 731. The van der Waals surface area contributed by atoms with E-state index >= 15 is 0 Å². The molecule has 0 bridgehead atoms. The Hall–Kier alpha value is -2.54. The SMILES string of the molecule is CCN1CCN(c2ccnc(NCc3ccc4c(c3)OCO4)n2)CC1. The Balaban J connectivity index is 1.38. The number of nitrogens with zero attached hydrogens (tertiary/aromatic N) is 4. The van der Waals surface area contributed by atoms with Gasteiger partial charge in [-0.1, -0.05) is 13.0 Å². The molecule has 3 heterocycles.